The third kappa shape index (κ3) is 3.57. The highest BCUT2D eigenvalue weighted by Gasteiger charge is 2.13. The second-order valence-corrected chi connectivity index (χ2v) is 4.45. The Labute approximate surface area is 102 Å². The summed E-state index contributed by atoms with van der Waals surface area (Å²) in [7, 11) is 0. The summed E-state index contributed by atoms with van der Waals surface area (Å²) in [6.07, 6.45) is 0.610. The predicted molar refractivity (Wildman–Crippen MR) is 65.6 cm³/mol. The first-order valence-electron chi connectivity index (χ1n) is 5.00. The first-order chi connectivity index (χ1) is 7.54. The minimum absolute atomic E-state index is 0.156. The van der Waals surface area contributed by atoms with Gasteiger partial charge in [0.1, 0.15) is 5.82 Å². The molecule has 1 aromatic carbocycles. The van der Waals surface area contributed by atoms with Gasteiger partial charge in [0.05, 0.1) is 5.69 Å². The predicted octanol–water partition coefficient (Wildman–Crippen LogP) is 2.51. The van der Waals surface area contributed by atoms with Gasteiger partial charge in [0, 0.05) is 10.4 Å². The normalized spacial score (nSPS) is 12.2. The van der Waals surface area contributed by atoms with Gasteiger partial charge in [-0.2, -0.15) is 0 Å². The van der Waals surface area contributed by atoms with Crippen LogP contribution in [0.5, 0.6) is 0 Å². The van der Waals surface area contributed by atoms with Crippen LogP contribution in [0.2, 0.25) is 0 Å². The molecule has 0 aliphatic rings. The van der Waals surface area contributed by atoms with Crippen LogP contribution in [0, 0.1) is 11.7 Å². The van der Waals surface area contributed by atoms with Crippen LogP contribution in [0.15, 0.2) is 22.7 Å². The summed E-state index contributed by atoms with van der Waals surface area (Å²) in [6, 6.07) is 4.15. The van der Waals surface area contributed by atoms with Crippen LogP contribution < -0.4 is 11.1 Å². The van der Waals surface area contributed by atoms with E-state index in [2.05, 4.69) is 21.2 Å². The molecule has 0 aromatic heterocycles. The van der Waals surface area contributed by atoms with Crippen molar-refractivity contribution >= 4 is 27.5 Å². The number of amides is 1. The third-order valence-electron chi connectivity index (χ3n) is 2.23. The van der Waals surface area contributed by atoms with Gasteiger partial charge in [-0.25, -0.2) is 4.39 Å². The second-order valence-electron chi connectivity index (χ2n) is 3.59. The summed E-state index contributed by atoms with van der Waals surface area (Å²) >= 11 is 3.24. The summed E-state index contributed by atoms with van der Waals surface area (Å²) in [6.45, 7) is 2.24. The summed E-state index contributed by atoms with van der Waals surface area (Å²) in [4.78, 5) is 11.7. The van der Waals surface area contributed by atoms with Gasteiger partial charge in [-0.15, -0.1) is 0 Å². The number of hydrogen-bond acceptors (Lipinski definition) is 2. The number of nitrogens with one attached hydrogen (secondary N) is 1. The summed E-state index contributed by atoms with van der Waals surface area (Å²) in [5, 5.41) is 2.65. The molecule has 0 fully saturated rings. The minimum Gasteiger partial charge on any atom is -0.330 e. The van der Waals surface area contributed by atoms with Crippen LogP contribution in [0.3, 0.4) is 0 Å². The van der Waals surface area contributed by atoms with E-state index in [0.29, 0.717) is 23.1 Å². The van der Waals surface area contributed by atoms with Crippen molar-refractivity contribution in [1.29, 1.82) is 0 Å². The number of halogens is 2. The summed E-state index contributed by atoms with van der Waals surface area (Å²) < 4.78 is 13.6. The average Bonchev–Trinajstić information content (AvgIpc) is 2.23. The molecular weight excluding hydrogens is 275 g/mol. The van der Waals surface area contributed by atoms with Crippen LogP contribution in [-0.4, -0.2) is 12.5 Å². The first-order valence-corrected chi connectivity index (χ1v) is 5.80. The maximum atomic E-state index is 13.0. The Morgan fingerprint density at radius 3 is 2.94 bits per heavy atom. The highest BCUT2D eigenvalue weighted by Crippen LogP contribution is 2.23. The number of rotatable bonds is 4. The van der Waals surface area contributed by atoms with Crippen LogP contribution in [-0.2, 0) is 4.79 Å². The fourth-order valence-electron chi connectivity index (χ4n) is 1.23. The van der Waals surface area contributed by atoms with Crippen molar-refractivity contribution in [3.8, 4) is 0 Å². The van der Waals surface area contributed by atoms with E-state index in [4.69, 9.17) is 5.73 Å². The molecule has 0 bridgehead atoms. The van der Waals surface area contributed by atoms with E-state index in [1.54, 1.807) is 13.0 Å². The highest BCUT2D eigenvalue weighted by molar-refractivity contribution is 9.10. The standard InChI is InChI=1S/C11H14BrFN2O/c1-7(4-5-14)11(16)15-10-6-8(13)2-3-9(10)12/h2-3,6-7H,4-5,14H2,1H3,(H,15,16). The SMILES string of the molecule is CC(CCN)C(=O)Nc1cc(F)ccc1Br. The number of carbonyl (C=O) groups excluding carboxylic acids is 1. The number of carbonyl (C=O) groups is 1. The quantitative estimate of drug-likeness (QED) is 0.894. The van der Waals surface area contributed by atoms with Gasteiger partial charge in [-0.05, 0) is 47.1 Å². The van der Waals surface area contributed by atoms with Crippen molar-refractivity contribution in [3.63, 3.8) is 0 Å². The molecule has 0 spiro atoms. The zero-order valence-corrected chi connectivity index (χ0v) is 10.6. The van der Waals surface area contributed by atoms with Crippen molar-refractivity contribution in [1.82, 2.24) is 0 Å². The van der Waals surface area contributed by atoms with Gasteiger partial charge in [-0.3, -0.25) is 4.79 Å². The average molecular weight is 289 g/mol. The fraction of sp³-hybridized carbons (Fsp3) is 0.364. The third-order valence-corrected chi connectivity index (χ3v) is 2.93. The van der Waals surface area contributed by atoms with Gasteiger partial charge >= 0.3 is 0 Å². The van der Waals surface area contributed by atoms with E-state index in [9.17, 15) is 9.18 Å². The molecule has 3 nitrogen and oxygen atoms in total. The molecular formula is C11H14BrFN2O. The molecule has 1 aromatic rings. The van der Waals surface area contributed by atoms with E-state index in [0.717, 1.165) is 0 Å². The lowest BCUT2D eigenvalue weighted by molar-refractivity contribution is -0.119. The van der Waals surface area contributed by atoms with E-state index in [1.165, 1.54) is 12.1 Å². The molecule has 0 saturated heterocycles. The van der Waals surface area contributed by atoms with Crippen LogP contribution in [0.25, 0.3) is 0 Å². The molecule has 0 aliphatic heterocycles. The van der Waals surface area contributed by atoms with Crippen LogP contribution >= 0.6 is 15.9 Å². The fourth-order valence-corrected chi connectivity index (χ4v) is 1.58. The Hall–Kier alpha value is -0.940. The van der Waals surface area contributed by atoms with E-state index >= 15 is 0 Å². The smallest absolute Gasteiger partial charge is 0.227 e. The van der Waals surface area contributed by atoms with E-state index in [1.807, 2.05) is 0 Å². The van der Waals surface area contributed by atoms with Crippen molar-refractivity contribution in [3.05, 3.63) is 28.5 Å². The molecule has 1 rings (SSSR count). The molecule has 1 unspecified atom stereocenters. The zero-order chi connectivity index (χ0) is 12.1. The molecule has 0 aliphatic carbocycles. The number of nitrogens with two attached hydrogens (primary N) is 1. The lowest BCUT2D eigenvalue weighted by Crippen LogP contribution is -2.22. The Morgan fingerprint density at radius 1 is 1.62 bits per heavy atom. The number of benzene rings is 1. The minimum atomic E-state index is -0.384. The Bertz CT molecular complexity index is 384. The van der Waals surface area contributed by atoms with Crippen molar-refractivity contribution in [2.75, 3.05) is 11.9 Å². The van der Waals surface area contributed by atoms with Crippen molar-refractivity contribution in [2.24, 2.45) is 11.7 Å². The van der Waals surface area contributed by atoms with Crippen molar-refractivity contribution < 1.29 is 9.18 Å². The molecule has 88 valence electrons. The van der Waals surface area contributed by atoms with Crippen LogP contribution in [0.4, 0.5) is 10.1 Å². The Balaban J connectivity index is 2.72. The Kier molecular flexibility index (Phi) is 4.89. The highest BCUT2D eigenvalue weighted by atomic mass is 79.9. The van der Waals surface area contributed by atoms with Gasteiger partial charge in [0.25, 0.3) is 0 Å². The van der Waals surface area contributed by atoms with Gasteiger partial charge in [0.15, 0.2) is 0 Å². The molecule has 16 heavy (non-hydrogen) atoms. The summed E-state index contributed by atoms with van der Waals surface area (Å²) in [5.74, 6) is -0.720. The maximum absolute atomic E-state index is 13.0. The molecule has 1 amide bonds. The molecule has 0 saturated carbocycles. The largest absolute Gasteiger partial charge is 0.330 e. The molecule has 5 heteroatoms. The number of hydrogen-bond donors (Lipinski definition) is 2. The Morgan fingerprint density at radius 2 is 2.31 bits per heavy atom. The summed E-state index contributed by atoms with van der Waals surface area (Å²) in [5.41, 5.74) is 5.80. The molecule has 0 radical (unpaired) electrons. The molecule has 3 N–H and O–H groups in total. The van der Waals surface area contributed by atoms with Gasteiger partial charge in [0.2, 0.25) is 5.91 Å². The first kappa shape index (κ1) is 13.1. The lowest BCUT2D eigenvalue weighted by atomic mass is 10.1. The van der Waals surface area contributed by atoms with Crippen LogP contribution in [0.1, 0.15) is 13.3 Å². The second kappa shape index (κ2) is 5.96. The van der Waals surface area contributed by atoms with E-state index in [-0.39, 0.29) is 17.6 Å². The van der Waals surface area contributed by atoms with Gasteiger partial charge in [-0.1, -0.05) is 6.92 Å². The zero-order valence-electron chi connectivity index (χ0n) is 8.97. The topological polar surface area (TPSA) is 55.1 Å². The van der Waals surface area contributed by atoms with Crippen molar-refractivity contribution in [2.45, 2.75) is 13.3 Å². The lowest BCUT2D eigenvalue weighted by Gasteiger charge is -2.12. The molecule has 0 heterocycles. The molecule has 1 atom stereocenters. The monoisotopic (exact) mass is 288 g/mol. The number of anilines is 1. The van der Waals surface area contributed by atoms with E-state index < -0.39 is 0 Å². The van der Waals surface area contributed by atoms with Gasteiger partial charge < -0.3 is 11.1 Å². The maximum Gasteiger partial charge on any atom is 0.227 e.